The van der Waals surface area contributed by atoms with Gasteiger partial charge in [0.05, 0.1) is 12.6 Å². The molecule has 4 aromatic rings. The number of H-pyrrole nitrogens is 1. The molecule has 160 valence electrons. The summed E-state index contributed by atoms with van der Waals surface area (Å²) in [5.74, 6) is 0.0814. The van der Waals surface area contributed by atoms with Gasteiger partial charge in [-0.2, -0.15) is 0 Å². The summed E-state index contributed by atoms with van der Waals surface area (Å²) in [6.07, 6.45) is 1.39. The minimum atomic E-state index is -0.474. The zero-order valence-corrected chi connectivity index (χ0v) is 18.0. The third kappa shape index (κ3) is 2.70. The van der Waals surface area contributed by atoms with Crippen LogP contribution in [-0.2, 0) is 16.0 Å². The molecular weight excluding hydrogens is 398 g/mol. The SMILES string of the molecule is CCCN1CC(=O)N2C(c3cccc4ccccc34)c3[nH]c4ccccc4c3C[C@@H]2C1=O. The topological polar surface area (TPSA) is 56.4 Å². The van der Waals surface area contributed by atoms with Gasteiger partial charge in [-0.05, 0) is 34.4 Å². The molecule has 0 saturated carbocycles. The first kappa shape index (κ1) is 19.1. The number of fused-ring (bicyclic) bond motifs is 5. The Kier molecular flexibility index (Phi) is 4.32. The molecule has 1 N–H and O–H groups in total. The molecule has 0 radical (unpaired) electrons. The first-order chi connectivity index (χ1) is 15.7. The van der Waals surface area contributed by atoms with Crippen LogP contribution in [-0.4, -0.2) is 45.7 Å². The van der Waals surface area contributed by atoms with Gasteiger partial charge in [-0.25, -0.2) is 0 Å². The number of carbonyl (C=O) groups is 2. The Labute approximate surface area is 186 Å². The second-order valence-corrected chi connectivity index (χ2v) is 8.81. The van der Waals surface area contributed by atoms with Crippen LogP contribution in [0.2, 0.25) is 0 Å². The molecule has 5 nitrogen and oxygen atoms in total. The Morgan fingerprint density at radius 1 is 0.938 bits per heavy atom. The van der Waals surface area contributed by atoms with Gasteiger partial charge in [-0.1, -0.05) is 67.6 Å². The summed E-state index contributed by atoms with van der Waals surface area (Å²) >= 11 is 0. The van der Waals surface area contributed by atoms with Crippen LogP contribution in [0.15, 0.2) is 66.7 Å². The normalized spacial score (nSPS) is 20.7. The van der Waals surface area contributed by atoms with Crippen LogP contribution in [0.3, 0.4) is 0 Å². The summed E-state index contributed by atoms with van der Waals surface area (Å²) in [5, 5.41) is 3.38. The molecule has 2 amide bonds. The second kappa shape index (κ2) is 7.23. The monoisotopic (exact) mass is 423 g/mol. The molecule has 2 aliphatic heterocycles. The molecule has 32 heavy (non-hydrogen) atoms. The van der Waals surface area contributed by atoms with Gasteiger partial charge in [-0.3, -0.25) is 9.59 Å². The molecule has 1 fully saturated rings. The van der Waals surface area contributed by atoms with E-state index in [1.165, 1.54) is 0 Å². The number of carbonyl (C=O) groups excluding carboxylic acids is 2. The van der Waals surface area contributed by atoms with Crippen LogP contribution in [0, 0.1) is 0 Å². The highest BCUT2D eigenvalue weighted by Crippen LogP contribution is 2.44. The van der Waals surface area contributed by atoms with Crippen molar-refractivity contribution in [2.45, 2.75) is 31.8 Å². The highest BCUT2D eigenvalue weighted by molar-refractivity contribution is 5.98. The van der Waals surface area contributed by atoms with Gasteiger partial charge in [-0.15, -0.1) is 0 Å². The van der Waals surface area contributed by atoms with Gasteiger partial charge in [0.1, 0.15) is 6.04 Å². The van der Waals surface area contributed by atoms with Gasteiger partial charge >= 0.3 is 0 Å². The summed E-state index contributed by atoms with van der Waals surface area (Å²) in [5.41, 5.74) is 4.29. The third-order valence-electron chi connectivity index (χ3n) is 6.95. The molecule has 0 spiro atoms. The fourth-order valence-electron chi connectivity index (χ4n) is 5.60. The van der Waals surface area contributed by atoms with E-state index in [-0.39, 0.29) is 24.4 Å². The van der Waals surface area contributed by atoms with Crippen molar-refractivity contribution in [2.75, 3.05) is 13.1 Å². The number of benzene rings is 3. The van der Waals surface area contributed by atoms with Crippen molar-refractivity contribution in [3.63, 3.8) is 0 Å². The number of piperazine rings is 1. The van der Waals surface area contributed by atoms with Crippen molar-refractivity contribution < 1.29 is 9.59 Å². The quantitative estimate of drug-likeness (QED) is 0.530. The van der Waals surface area contributed by atoms with E-state index in [0.29, 0.717) is 13.0 Å². The van der Waals surface area contributed by atoms with E-state index in [2.05, 4.69) is 41.4 Å². The maximum Gasteiger partial charge on any atom is 0.246 e. The number of nitrogens with zero attached hydrogens (tertiary/aromatic N) is 2. The number of para-hydroxylation sites is 1. The second-order valence-electron chi connectivity index (χ2n) is 8.81. The number of nitrogens with one attached hydrogen (secondary N) is 1. The molecule has 2 aliphatic rings. The Morgan fingerprint density at radius 2 is 1.69 bits per heavy atom. The lowest BCUT2D eigenvalue weighted by Gasteiger charge is -2.47. The molecular formula is C27H25N3O2. The molecule has 6 rings (SSSR count). The summed E-state index contributed by atoms with van der Waals surface area (Å²) in [6.45, 7) is 2.82. The van der Waals surface area contributed by atoms with Crippen LogP contribution in [0.25, 0.3) is 21.7 Å². The van der Waals surface area contributed by atoms with Gasteiger partial charge in [0.25, 0.3) is 0 Å². The smallest absolute Gasteiger partial charge is 0.246 e. The van der Waals surface area contributed by atoms with Crippen LogP contribution >= 0.6 is 0 Å². The first-order valence-electron chi connectivity index (χ1n) is 11.3. The van der Waals surface area contributed by atoms with Gasteiger partial charge < -0.3 is 14.8 Å². The lowest BCUT2D eigenvalue weighted by atomic mass is 9.84. The van der Waals surface area contributed by atoms with E-state index >= 15 is 0 Å². The Hall–Kier alpha value is -3.60. The number of hydrogen-bond acceptors (Lipinski definition) is 2. The van der Waals surface area contributed by atoms with Crippen molar-refractivity contribution in [1.82, 2.24) is 14.8 Å². The number of hydrogen-bond donors (Lipinski definition) is 1. The zero-order valence-electron chi connectivity index (χ0n) is 18.0. The van der Waals surface area contributed by atoms with E-state index in [1.807, 2.05) is 42.2 Å². The molecule has 1 aromatic heterocycles. The van der Waals surface area contributed by atoms with Crippen LogP contribution in [0.1, 0.15) is 36.2 Å². The fraction of sp³-hybridized carbons (Fsp3) is 0.259. The minimum absolute atomic E-state index is 0.0188. The molecule has 1 unspecified atom stereocenters. The first-order valence-corrected chi connectivity index (χ1v) is 11.3. The summed E-state index contributed by atoms with van der Waals surface area (Å²) in [6, 6.07) is 21.9. The van der Waals surface area contributed by atoms with E-state index in [9.17, 15) is 9.59 Å². The minimum Gasteiger partial charge on any atom is -0.356 e. The lowest BCUT2D eigenvalue weighted by Crippen LogP contribution is -2.63. The average molecular weight is 424 g/mol. The molecule has 1 saturated heterocycles. The average Bonchev–Trinajstić information content (AvgIpc) is 3.19. The van der Waals surface area contributed by atoms with Crippen molar-refractivity contribution in [3.8, 4) is 0 Å². The van der Waals surface area contributed by atoms with E-state index in [1.54, 1.807) is 4.90 Å². The van der Waals surface area contributed by atoms with E-state index in [4.69, 9.17) is 0 Å². The molecule has 5 heteroatoms. The van der Waals surface area contributed by atoms with Gasteiger partial charge in [0.2, 0.25) is 11.8 Å². The van der Waals surface area contributed by atoms with Crippen molar-refractivity contribution in [3.05, 3.63) is 83.6 Å². The standard InChI is InChI=1S/C27H25N3O2/c1-2-14-29-16-24(31)30-23(27(29)32)15-21-19-11-5-6-13-22(19)28-25(21)26(30)20-12-7-9-17-8-3-4-10-18(17)20/h3-13,23,26,28H,2,14-16H2,1H3/t23-,26?/m1/s1. The van der Waals surface area contributed by atoms with E-state index in [0.717, 1.165) is 44.9 Å². The van der Waals surface area contributed by atoms with Crippen molar-refractivity contribution in [2.24, 2.45) is 0 Å². The zero-order chi connectivity index (χ0) is 21.8. The Bertz CT molecular complexity index is 1370. The number of amides is 2. The predicted octanol–water partition coefficient (Wildman–Crippen LogP) is 4.42. The lowest BCUT2D eigenvalue weighted by molar-refractivity contribution is -0.158. The number of rotatable bonds is 3. The van der Waals surface area contributed by atoms with Crippen LogP contribution in [0.5, 0.6) is 0 Å². The fourth-order valence-corrected chi connectivity index (χ4v) is 5.60. The summed E-state index contributed by atoms with van der Waals surface area (Å²) in [4.78, 5) is 34.3. The number of aromatic amines is 1. The maximum atomic E-state index is 13.5. The summed E-state index contributed by atoms with van der Waals surface area (Å²) in [7, 11) is 0. The van der Waals surface area contributed by atoms with E-state index < -0.39 is 6.04 Å². The molecule has 2 atom stereocenters. The van der Waals surface area contributed by atoms with Crippen LogP contribution < -0.4 is 0 Å². The predicted molar refractivity (Wildman–Crippen MR) is 125 cm³/mol. The summed E-state index contributed by atoms with van der Waals surface area (Å²) < 4.78 is 0. The Balaban J connectivity index is 1.61. The van der Waals surface area contributed by atoms with Crippen molar-refractivity contribution >= 4 is 33.5 Å². The highest BCUT2D eigenvalue weighted by Gasteiger charge is 2.48. The highest BCUT2D eigenvalue weighted by atomic mass is 16.2. The molecule has 3 aromatic carbocycles. The molecule has 0 bridgehead atoms. The molecule has 0 aliphatic carbocycles. The van der Waals surface area contributed by atoms with Crippen molar-refractivity contribution in [1.29, 1.82) is 0 Å². The molecule has 3 heterocycles. The van der Waals surface area contributed by atoms with Crippen LogP contribution in [0.4, 0.5) is 0 Å². The number of aromatic nitrogens is 1. The maximum absolute atomic E-state index is 13.5. The Morgan fingerprint density at radius 3 is 2.53 bits per heavy atom. The third-order valence-corrected chi connectivity index (χ3v) is 6.95. The largest absolute Gasteiger partial charge is 0.356 e. The van der Waals surface area contributed by atoms with Gasteiger partial charge in [0, 0.05) is 29.6 Å². The van der Waals surface area contributed by atoms with Gasteiger partial charge in [0.15, 0.2) is 0 Å².